The molecule has 0 radical (unpaired) electrons. The van der Waals surface area contributed by atoms with Crippen molar-refractivity contribution in [3.05, 3.63) is 34.3 Å². The molecule has 1 spiro atoms. The highest BCUT2D eigenvalue weighted by Gasteiger charge is 2.42. The molecule has 1 saturated carbocycles. The minimum atomic E-state index is 0.263. The van der Waals surface area contributed by atoms with E-state index in [0.29, 0.717) is 12.0 Å². The van der Waals surface area contributed by atoms with Gasteiger partial charge in [0.1, 0.15) is 0 Å². The molecule has 1 aromatic carbocycles. The Balaban J connectivity index is 1.64. The Morgan fingerprint density at radius 1 is 1.25 bits per heavy atom. The maximum Gasteiger partial charge on any atom is 0.0687 e. The summed E-state index contributed by atoms with van der Waals surface area (Å²) >= 11 is 7.26. The van der Waals surface area contributed by atoms with Gasteiger partial charge in [-0.1, -0.05) is 56.8 Å². The Labute approximate surface area is 138 Å². The van der Waals surface area contributed by atoms with Gasteiger partial charge >= 0.3 is 0 Å². The average Bonchev–Trinajstić information content (AvgIpc) is 3.07. The molecule has 2 atom stereocenters. The summed E-state index contributed by atoms with van der Waals surface area (Å²) in [4.78, 5) is 0. The van der Waals surface area contributed by atoms with Crippen molar-refractivity contribution in [1.82, 2.24) is 0 Å². The highest BCUT2D eigenvalue weighted by atomic mass is 79.9. The Kier molecular flexibility index (Phi) is 4.89. The molecule has 110 valence electrons. The largest absolute Gasteiger partial charge is 0.372 e. The number of ether oxygens (including phenoxy) is 1. The third kappa shape index (κ3) is 3.31. The van der Waals surface area contributed by atoms with Gasteiger partial charge in [0.15, 0.2) is 0 Å². The summed E-state index contributed by atoms with van der Waals surface area (Å²) in [5.41, 5.74) is 1.67. The van der Waals surface area contributed by atoms with Crippen LogP contribution in [0.25, 0.3) is 0 Å². The molecule has 2 aliphatic rings. The van der Waals surface area contributed by atoms with Gasteiger partial charge in [-0.3, -0.25) is 0 Å². The highest BCUT2D eigenvalue weighted by molar-refractivity contribution is 9.10. The van der Waals surface area contributed by atoms with Crippen LogP contribution >= 0.6 is 31.9 Å². The molecule has 0 bridgehead atoms. The first-order valence-electron chi connectivity index (χ1n) is 7.70. The summed E-state index contributed by atoms with van der Waals surface area (Å²) in [5.74, 6) is 0.550. The Morgan fingerprint density at radius 3 is 2.75 bits per heavy atom. The smallest absolute Gasteiger partial charge is 0.0687 e. The van der Waals surface area contributed by atoms with Gasteiger partial charge in [0.25, 0.3) is 0 Å². The highest BCUT2D eigenvalue weighted by Crippen LogP contribution is 2.45. The van der Waals surface area contributed by atoms with Crippen LogP contribution in [-0.4, -0.2) is 17.0 Å². The van der Waals surface area contributed by atoms with Gasteiger partial charge in [0.2, 0.25) is 0 Å². The van der Waals surface area contributed by atoms with Crippen LogP contribution in [0.4, 0.5) is 0 Å². The van der Waals surface area contributed by atoms with Gasteiger partial charge in [0.05, 0.1) is 11.7 Å². The van der Waals surface area contributed by atoms with Crippen molar-refractivity contribution in [2.75, 3.05) is 5.33 Å². The molecule has 1 aromatic rings. The first kappa shape index (κ1) is 15.1. The van der Waals surface area contributed by atoms with Crippen LogP contribution in [0.3, 0.4) is 0 Å². The molecule has 1 nitrogen and oxygen atoms in total. The molecule has 0 amide bonds. The second-order valence-electron chi connectivity index (χ2n) is 6.31. The van der Waals surface area contributed by atoms with Gasteiger partial charge in [-0.25, -0.2) is 0 Å². The molecular weight excluding hydrogens is 380 g/mol. The molecule has 1 saturated heterocycles. The van der Waals surface area contributed by atoms with Gasteiger partial charge in [-0.2, -0.15) is 0 Å². The third-order valence-electron chi connectivity index (χ3n) is 4.91. The molecule has 2 fully saturated rings. The standard InChI is InChI=1S/C17H22Br2O/c18-12-14(13-4-3-5-15(19)10-13)11-16-6-9-17(20-16)7-1-2-8-17/h3-5,10,14,16H,1-2,6-9,11-12H2. The van der Waals surface area contributed by atoms with E-state index in [1.54, 1.807) is 0 Å². The van der Waals surface area contributed by atoms with Crippen molar-refractivity contribution in [3.63, 3.8) is 0 Å². The zero-order valence-corrected chi connectivity index (χ0v) is 15.0. The Bertz CT molecular complexity index is 454. The van der Waals surface area contributed by atoms with E-state index < -0.39 is 0 Å². The Morgan fingerprint density at radius 2 is 2.05 bits per heavy atom. The zero-order valence-electron chi connectivity index (χ0n) is 11.8. The van der Waals surface area contributed by atoms with Crippen LogP contribution in [0.15, 0.2) is 28.7 Å². The molecule has 20 heavy (non-hydrogen) atoms. The van der Waals surface area contributed by atoms with Crippen molar-refractivity contribution in [1.29, 1.82) is 0 Å². The fourth-order valence-electron chi connectivity index (χ4n) is 3.81. The summed E-state index contributed by atoms with van der Waals surface area (Å²) in [6.45, 7) is 0. The number of alkyl halides is 1. The van der Waals surface area contributed by atoms with Crippen LogP contribution in [-0.2, 0) is 4.74 Å². The number of hydrogen-bond donors (Lipinski definition) is 0. The van der Waals surface area contributed by atoms with Gasteiger partial charge in [-0.05, 0) is 55.7 Å². The van der Waals surface area contributed by atoms with E-state index in [-0.39, 0.29) is 5.60 Å². The SMILES string of the molecule is BrCC(CC1CCC2(CCCC2)O1)c1cccc(Br)c1. The van der Waals surface area contributed by atoms with E-state index in [1.165, 1.54) is 48.6 Å². The summed E-state index contributed by atoms with van der Waals surface area (Å²) in [6.07, 6.45) is 9.43. The predicted molar refractivity (Wildman–Crippen MR) is 90.6 cm³/mol. The molecular formula is C17H22Br2O. The minimum absolute atomic E-state index is 0.263. The van der Waals surface area contributed by atoms with E-state index in [2.05, 4.69) is 56.1 Å². The van der Waals surface area contributed by atoms with Gasteiger partial charge < -0.3 is 4.74 Å². The number of benzene rings is 1. The lowest BCUT2D eigenvalue weighted by atomic mass is 9.93. The second kappa shape index (κ2) is 6.50. The summed E-state index contributed by atoms with van der Waals surface area (Å²) in [7, 11) is 0. The third-order valence-corrected chi connectivity index (χ3v) is 6.18. The van der Waals surface area contributed by atoms with E-state index >= 15 is 0 Å². The maximum atomic E-state index is 6.46. The fraction of sp³-hybridized carbons (Fsp3) is 0.647. The zero-order chi connectivity index (χ0) is 14.0. The number of rotatable bonds is 4. The lowest BCUT2D eigenvalue weighted by Gasteiger charge is -2.25. The van der Waals surface area contributed by atoms with Crippen molar-refractivity contribution < 1.29 is 4.74 Å². The van der Waals surface area contributed by atoms with Crippen molar-refractivity contribution in [2.24, 2.45) is 0 Å². The van der Waals surface area contributed by atoms with Gasteiger partial charge in [-0.15, -0.1) is 0 Å². The Hall–Kier alpha value is 0.140. The molecule has 0 aromatic heterocycles. The molecule has 1 aliphatic carbocycles. The summed E-state index contributed by atoms with van der Waals surface area (Å²) in [6, 6.07) is 8.70. The topological polar surface area (TPSA) is 9.23 Å². The van der Waals surface area contributed by atoms with Crippen LogP contribution < -0.4 is 0 Å². The van der Waals surface area contributed by atoms with Gasteiger partial charge in [0, 0.05) is 9.80 Å². The molecule has 1 aliphatic heterocycles. The maximum absolute atomic E-state index is 6.46. The molecule has 3 heteroatoms. The quantitative estimate of drug-likeness (QED) is 0.578. The van der Waals surface area contributed by atoms with Crippen LogP contribution in [0.2, 0.25) is 0 Å². The lowest BCUT2D eigenvalue weighted by Crippen LogP contribution is -2.25. The van der Waals surface area contributed by atoms with Crippen LogP contribution in [0.1, 0.15) is 56.4 Å². The second-order valence-corrected chi connectivity index (χ2v) is 7.87. The van der Waals surface area contributed by atoms with Crippen LogP contribution in [0.5, 0.6) is 0 Å². The minimum Gasteiger partial charge on any atom is -0.372 e. The monoisotopic (exact) mass is 400 g/mol. The van der Waals surface area contributed by atoms with E-state index in [4.69, 9.17) is 4.74 Å². The van der Waals surface area contributed by atoms with Crippen molar-refractivity contribution in [2.45, 2.75) is 62.6 Å². The normalized spacial score (nSPS) is 26.2. The average molecular weight is 402 g/mol. The molecule has 0 N–H and O–H groups in total. The van der Waals surface area contributed by atoms with E-state index in [1.807, 2.05) is 0 Å². The predicted octanol–water partition coefficient (Wildman–Crippen LogP) is 5.81. The van der Waals surface area contributed by atoms with E-state index in [0.717, 1.165) is 11.8 Å². The van der Waals surface area contributed by atoms with Crippen molar-refractivity contribution >= 4 is 31.9 Å². The molecule has 1 heterocycles. The summed E-state index contributed by atoms with van der Waals surface area (Å²) in [5, 5.41) is 1.01. The molecule has 2 unspecified atom stereocenters. The first-order valence-corrected chi connectivity index (χ1v) is 9.61. The first-order chi connectivity index (χ1) is 9.71. The molecule has 3 rings (SSSR count). The van der Waals surface area contributed by atoms with E-state index in [9.17, 15) is 0 Å². The summed E-state index contributed by atoms with van der Waals surface area (Å²) < 4.78 is 7.63. The number of hydrogen-bond acceptors (Lipinski definition) is 1. The van der Waals surface area contributed by atoms with Crippen LogP contribution in [0, 0.1) is 0 Å². The lowest BCUT2D eigenvalue weighted by molar-refractivity contribution is -0.0404. The van der Waals surface area contributed by atoms with Crippen molar-refractivity contribution in [3.8, 4) is 0 Å². The fourth-order valence-corrected chi connectivity index (χ4v) is 4.87. The number of halogens is 2.